The molecule has 1 saturated heterocycles. The lowest BCUT2D eigenvalue weighted by atomic mass is 10.0. The van der Waals surface area contributed by atoms with Crippen LogP contribution in [-0.2, 0) is 17.8 Å². The molecular formula is C33H34F3N7O2S2. The molecule has 2 N–H and O–H groups in total. The lowest BCUT2D eigenvalue weighted by Gasteiger charge is -2.21. The molecule has 0 unspecified atom stereocenters. The summed E-state index contributed by atoms with van der Waals surface area (Å²) in [7, 11) is 0. The Morgan fingerprint density at radius 3 is 2.43 bits per heavy atom. The van der Waals surface area contributed by atoms with Crippen LogP contribution in [0, 0.1) is 6.92 Å². The third kappa shape index (κ3) is 9.40. The molecule has 1 fully saturated rings. The number of hydrogen-bond acceptors (Lipinski definition) is 7. The second-order valence-electron chi connectivity index (χ2n) is 11.8. The number of amidine groups is 1. The van der Waals surface area contributed by atoms with Gasteiger partial charge in [0.15, 0.2) is 17.6 Å². The van der Waals surface area contributed by atoms with Crippen molar-refractivity contribution in [1.82, 2.24) is 25.6 Å². The van der Waals surface area contributed by atoms with Crippen molar-refractivity contribution in [3.63, 3.8) is 0 Å². The number of thioether (sulfide) groups is 1. The Labute approximate surface area is 280 Å². The first-order valence-electron chi connectivity index (χ1n) is 14.7. The zero-order chi connectivity index (χ0) is 33.8. The molecule has 9 nitrogen and oxygen atoms in total. The molecule has 4 aromatic rings. The number of ether oxygens (including phenoxy) is 1. The number of halogens is 3. The summed E-state index contributed by atoms with van der Waals surface area (Å²) in [5, 5.41) is 4.99. The first kappa shape index (κ1) is 34.1. The van der Waals surface area contributed by atoms with Crippen LogP contribution < -0.4 is 20.5 Å². The second kappa shape index (κ2) is 14.2. The van der Waals surface area contributed by atoms with E-state index >= 15 is 0 Å². The van der Waals surface area contributed by atoms with E-state index in [0.717, 1.165) is 34.9 Å². The van der Waals surface area contributed by atoms with E-state index in [2.05, 4.69) is 25.9 Å². The summed E-state index contributed by atoms with van der Waals surface area (Å²) in [6, 6.07) is 20.2. The van der Waals surface area contributed by atoms with Gasteiger partial charge in [-0.25, -0.2) is 28.3 Å². The van der Waals surface area contributed by atoms with Gasteiger partial charge in [0.05, 0.1) is 17.1 Å². The van der Waals surface area contributed by atoms with Gasteiger partial charge in [-0.3, -0.25) is 15.1 Å². The highest BCUT2D eigenvalue weighted by Crippen LogP contribution is 2.36. The Bertz CT molecular complexity index is 1770. The van der Waals surface area contributed by atoms with Crippen molar-refractivity contribution < 1.29 is 22.7 Å². The molecule has 1 amide bonds. The first-order chi connectivity index (χ1) is 22.2. The maximum Gasteiger partial charge on any atom is 0.278 e. The van der Waals surface area contributed by atoms with Gasteiger partial charge in [-0.15, -0.1) is 5.10 Å². The number of aromatic nitrogens is 3. The second-order valence-corrected chi connectivity index (χ2v) is 13.1. The molecule has 0 saturated carbocycles. The normalized spacial score (nSPS) is 14.6. The number of carbonyl (C=O) groups is 1. The predicted octanol–water partition coefficient (Wildman–Crippen LogP) is 6.58. The third-order valence-electron chi connectivity index (χ3n) is 6.82. The number of nitrogens with zero attached hydrogens (tertiary/aromatic N) is 5. The summed E-state index contributed by atoms with van der Waals surface area (Å²) in [6.07, 6.45) is 1.97. The van der Waals surface area contributed by atoms with Crippen molar-refractivity contribution in [1.29, 1.82) is 0 Å². The van der Waals surface area contributed by atoms with Crippen LogP contribution >= 0.6 is 24.0 Å². The van der Waals surface area contributed by atoms with Gasteiger partial charge in [0.2, 0.25) is 11.0 Å². The quantitative estimate of drug-likeness (QED) is 0.135. The van der Waals surface area contributed by atoms with E-state index in [-0.39, 0.29) is 22.5 Å². The van der Waals surface area contributed by atoms with Crippen LogP contribution in [0.4, 0.5) is 18.9 Å². The Morgan fingerprint density at radius 2 is 1.74 bits per heavy atom. The van der Waals surface area contributed by atoms with Crippen LogP contribution in [0.2, 0.25) is 0 Å². The minimum atomic E-state index is -3.04. The number of hydrogen-bond donors (Lipinski definition) is 2. The van der Waals surface area contributed by atoms with Gasteiger partial charge >= 0.3 is 0 Å². The van der Waals surface area contributed by atoms with Crippen LogP contribution in [-0.4, -0.2) is 54.9 Å². The molecule has 1 aliphatic heterocycles. The number of nitrogens with one attached hydrogen (secondary N) is 2. The number of aryl methyl sites for hydroxylation is 1. The SMILES string of the molecule is Cc1ccc(OCC(C)(F)F)c(N2C(=O)CS/C2=N\C(=S)NNCc2ccc(-c3ncn(-c4ccc(CC(C)(C)F)cc4)n3)cc2)c1. The van der Waals surface area contributed by atoms with Crippen LogP contribution in [0.15, 0.2) is 78.0 Å². The molecule has 0 spiro atoms. The highest BCUT2D eigenvalue weighted by Gasteiger charge is 2.33. The minimum absolute atomic E-state index is 0.0928. The van der Waals surface area contributed by atoms with E-state index in [1.54, 1.807) is 43.1 Å². The number of rotatable bonds is 11. The molecular weight excluding hydrogens is 648 g/mol. The van der Waals surface area contributed by atoms with Crippen LogP contribution in [0.5, 0.6) is 5.75 Å². The van der Waals surface area contributed by atoms with Crippen molar-refractivity contribution in [3.05, 3.63) is 89.7 Å². The number of hydrazine groups is 1. The largest absolute Gasteiger partial charge is 0.485 e. The fourth-order valence-corrected chi connectivity index (χ4v) is 5.77. The molecule has 47 heavy (non-hydrogen) atoms. The maximum absolute atomic E-state index is 14.0. The molecule has 5 rings (SSSR count). The fraction of sp³-hybridized carbons (Fsp3) is 0.303. The molecule has 0 radical (unpaired) electrons. The number of aliphatic imine (C=N–C) groups is 1. The number of thiocarbonyl (C=S) groups is 1. The highest BCUT2D eigenvalue weighted by molar-refractivity contribution is 8.15. The molecule has 1 aromatic heterocycles. The van der Waals surface area contributed by atoms with E-state index in [9.17, 15) is 18.0 Å². The van der Waals surface area contributed by atoms with Crippen molar-refractivity contribution in [2.75, 3.05) is 17.3 Å². The predicted molar refractivity (Wildman–Crippen MR) is 183 cm³/mol. The topological polar surface area (TPSA) is 96.7 Å². The molecule has 0 atom stereocenters. The molecule has 2 heterocycles. The monoisotopic (exact) mass is 681 g/mol. The molecule has 0 bridgehead atoms. The van der Waals surface area contributed by atoms with Gasteiger partial charge in [-0.1, -0.05) is 54.2 Å². The van der Waals surface area contributed by atoms with Crippen molar-refractivity contribution in [3.8, 4) is 22.8 Å². The lowest BCUT2D eigenvalue weighted by molar-refractivity contribution is -0.115. The van der Waals surface area contributed by atoms with Gasteiger partial charge in [0.1, 0.15) is 17.7 Å². The smallest absolute Gasteiger partial charge is 0.278 e. The fourth-order valence-electron chi connectivity index (χ4n) is 4.69. The number of carbonyl (C=O) groups excluding carboxylic acids is 1. The third-order valence-corrected chi connectivity index (χ3v) is 7.93. The zero-order valence-corrected chi connectivity index (χ0v) is 27.9. The van der Waals surface area contributed by atoms with Crippen LogP contribution in [0.1, 0.15) is 37.5 Å². The summed E-state index contributed by atoms with van der Waals surface area (Å²) in [6.45, 7) is 5.30. The summed E-state index contributed by atoms with van der Waals surface area (Å²) >= 11 is 6.58. The zero-order valence-electron chi connectivity index (χ0n) is 26.3. The van der Waals surface area contributed by atoms with E-state index in [1.165, 1.54) is 16.7 Å². The van der Waals surface area contributed by atoms with E-state index < -0.39 is 18.2 Å². The number of anilines is 1. The van der Waals surface area contributed by atoms with Crippen molar-refractivity contribution in [2.45, 2.75) is 52.3 Å². The van der Waals surface area contributed by atoms with E-state index in [4.69, 9.17) is 17.0 Å². The summed E-state index contributed by atoms with van der Waals surface area (Å²) in [4.78, 5) is 23.0. The lowest BCUT2D eigenvalue weighted by Crippen LogP contribution is -2.37. The van der Waals surface area contributed by atoms with Gasteiger partial charge in [-0.2, -0.15) is 4.99 Å². The molecule has 0 aliphatic carbocycles. The van der Waals surface area contributed by atoms with Crippen molar-refractivity contribution >= 4 is 45.9 Å². The van der Waals surface area contributed by atoms with E-state index in [1.807, 2.05) is 55.5 Å². The molecule has 3 aromatic carbocycles. The standard InChI is InChI=1S/C33H34F3N7O2S2/c1-21-5-14-27(45-19-33(4,35)36)26(15-21)43-28(44)18-47-31(43)39-30(46)40-38-17-23-6-10-24(11-7-23)29-37-20-42(41-29)25-12-8-22(9-13-25)16-32(2,3)34/h5-15,20,38H,16-19H2,1-4H3,(H,40,46)/b39-31-. The van der Waals surface area contributed by atoms with Gasteiger partial charge < -0.3 is 4.74 Å². The Morgan fingerprint density at radius 1 is 1.04 bits per heavy atom. The number of alkyl halides is 3. The van der Waals surface area contributed by atoms with Crippen molar-refractivity contribution in [2.24, 2.45) is 4.99 Å². The highest BCUT2D eigenvalue weighted by atomic mass is 32.2. The van der Waals surface area contributed by atoms with Gasteiger partial charge in [0, 0.05) is 25.5 Å². The van der Waals surface area contributed by atoms with Crippen LogP contribution in [0.25, 0.3) is 17.1 Å². The number of benzene rings is 3. The first-order valence-corrected chi connectivity index (χ1v) is 16.1. The Hall–Kier alpha value is -4.27. The Kier molecular flexibility index (Phi) is 10.3. The van der Waals surface area contributed by atoms with Gasteiger partial charge in [0.25, 0.3) is 5.92 Å². The average Bonchev–Trinajstić information content (AvgIpc) is 3.63. The average molecular weight is 682 g/mol. The van der Waals surface area contributed by atoms with E-state index in [0.29, 0.717) is 29.6 Å². The van der Waals surface area contributed by atoms with Gasteiger partial charge in [-0.05, 0) is 73.9 Å². The summed E-state index contributed by atoms with van der Waals surface area (Å²) in [5.41, 5.74) is 9.28. The summed E-state index contributed by atoms with van der Waals surface area (Å²) < 4.78 is 48.0. The molecule has 246 valence electrons. The van der Waals surface area contributed by atoms with Crippen LogP contribution in [0.3, 0.4) is 0 Å². The molecule has 14 heteroatoms. The number of amides is 1. The Balaban J connectivity index is 1.17. The molecule has 1 aliphatic rings. The minimum Gasteiger partial charge on any atom is -0.485 e. The maximum atomic E-state index is 14.0. The summed E-state index contributed by atoms with van der Waals surface area (Å²) in [5.74, 6) is -2.47.